The largest absolute Gasteiger partial charge is 0.455 e. The second kappa shape index (κ2) is 11.6. The van der Waals surface area contributed by atoms with Gasteiger partial charge in [0.1, 0.15) is 11.2 Å². The summed E-state index contributed by atoms with van der Waals surface area (Å²) < 4.78 is 6.69. The van der Waals surface area contributed by atoms with Crippen LogP contribution in [0.25, 0.3) is 120 Å². The highest BCUT2D eigenvalue weighted by Gasteiger charge is 2.20. The van der Waals surface area contributed by atoms with Gasteiger partial charge in [0.05, 0.1) is 0 Å². The zero-order valence-corrected chi connectivity index (χ0v) is 29.9. The normalized spacial score (nSPS) is 12.0. The average molecular weight is 697 g/mol. The van der Waals surface area contributed by atoms with Crippen LogP contribution >= 0.6 is 0 Å². The third-order valence-corrected chi connectivity index (χ3v) is 11.8. The summed E-state index contributed by atoms with van der Waals surface area (Å²) in [6, 6.07) is 71.1. The Morgan fingerprint density at radius 2 is 0.655 bits per heavy atom. The predicted molar refractivity (Wildman–Crippen MR) is 235 cm³/mol. The molecular formula is C54H32O. The first-order chi connectivity index (χ1) is 27.3. The van der Waals surface area contributed by atoms with Crippen LogP contribution in [0.2, 0.25) is 0 Å². The van der Waals surface area contributed by atoms with Gasteiger partial charge >= 0.3 is 0 Å². The van der Waals surface area contributed by atoms with Crippen molar-refractivity contribution in [2.24, 2.45) is 0 Å². The Balaban J connectivity index is 1.07. The maximum absolute atomic E-state index is 6.69. The van der Waals surface area contributed by atoms with E-state index in [4.69, 9.17) is 4.42 Å². The van der Waals surface area contributed by atoms with Crippen molar-refractivity contribution in [2.45, 2.75) is 0 Å². The third kappa shape index (κ3) is 4.41. The fourth-order valence-corrected chi connectivity index (χ4v) is 9.38. The van der Waals surface area contributed by atoms with Crippen molar-refractivity contribution < 1.29 is 4.42 Å². The molecule has 12 aromatic rings. The van der Waals surface area contributed by atoms with Crippen molar-refractivity contribution in [3.63, 3.8) is 0 Å². The molecule has 11 aromatic carbocycles. The fraction of sp³-hybridized carbons (Fsp3) is 0. The molecule has 12 rings (SSSR count). The lowest BCUT2D eigenvalue weighted by molar-refractivity contribution is 0.676. The van der Waals surface area contributed by atoms with Gasteiger partial charge < -0.3 is 4.42 Å². The van der Waals surface area contributed by atoms with Crippen LogP contribution in [0.1, 0.15) is 0 Å². The standard InChI is InChI=1S/C54H32O/c1-3-15-37-33(12-1)14-11-23-43(37)51-44-19-7-9-21-46(44)52(47-22-10-8-20-45(47)51)48-31-30-38(41-17-5-6-18-42(41)48)35-25-27-40-36(32-35)26-29-50-49-28-24-34-13-2-4-16-39(34)53(49)55-54(40)50/h1-32H. The molecule has 1 heteroatoms. The van der Waals surface area contributed by atoms with Crippen molar-refractivity contribution in [3.05, 3.63) is 194 Å². The van der Waals surface area contributed by atoms with Crippen LogP contribution in [0.15, 0.2) is 199 Å². The van der Waals surface area contributed by atoms with Gasteiger partial charge in [-0.25, -0.2) is 0 Å². The molecule has 0 saturated heterocycles. The Kier molecular flexibility index (Phi) is 6.40. The van der Waals surface area contributed by atoms with Gasteiger partial charge in [-0.2, -0.15) is 0 Å². The first-order valence-electron chi connectivity index (χ1n) is 19.0. The molecule has 0 aliphatic carbocycles. The number of fused-ring (bicyclic) bond motifs is 11. The van der Waals surface area contributed by atoms with E-state index >= 15 is 0 Å². The Morgan fingerprint density at radius 3 is 1.29 bits per heavy atom. The highest BCUT2D eigenvalue weighted by atomic mass is 16.3. The summed E-state index contributed by atoms with van der Waals surface area (Å²) in [4.78, 5) is 0. The molecule has 0 amide bonds. The molecule has 0 bridgehead atoms. The van der Waals surface area contributed by atoms with E-state index in [2.05, 4.69) is 194 Å². The van der Waals surface area contributed by atoms with Crippen molar-refractivity contribution >= 4 is 86.6 Å². The van der Waals surface area contributed by atoms with E-state index in [1.807, 2.05) is 0 Å². The van der Waals surface area contributed by atoms with Gasteiger partial charge in [-0.1, -0.05) is 170 Å². The molecular weight excluding hydrogens is 665 g/mol. The van der Waals surface area contributed by atoms with Crippen LogP contribution in [-0.4, -0.2) is 0 Å². The lowest BCUT2D eigenvalue weighted by Crippen LogP contribution is -1.93. The Morgan fingerprint density at radius 1 is 0.236 bits per heavy atom. The smallest absolute Gasteiger partial charge is 0.143 e. The quantitative estimate of drug-likeness (QED) is 0.168. The minimum absolute atomic E-state index is 0.946. The topological polar surface area (TPSA) is 13.1 Å². The van der Waals surface area contributed by atoms with E-state index in [0.29, 0.717) is 0 Å². The molecule has 254 valence electrons. The lowest BCUT2D eigenvalue weighted by Gasteiger charge is -2.20. The van der Waals surface area contributed by atoms with E-state index in [-0.39, 0.29) is 0 Å². The molecule has 0 aliphatic rings. The molecule has 0 spiro atoms. The van der Waals surface area contributed by atoms with Crippen molar-refractivity contribution in [3.8, 4) is 33.4 Å². The number of rotatable bonds is 3. The zero-order valence-electron chi connectivity index (χ0n) is 29.9. The number of hydrogen-bond donors (Lipinski definition) is 0. The van der Waals surface area contributed by atoms with Gasteiger partial charge in [0, 0.05) is 21.5 Å². The van der Waals surface area contributed by atoms with Gasteiger partial charge in [-0.15, -0.1) is 0 Å². The Bertz CT molecular complexity index is 3490. The molecule has 1 aromatic heterocycles. The van der Waals surface area contributed by atoms with E-state index in [9.17, 15) is 0 Å². The van der Waals surface area contributed by atoms with Crippen LogP contribution in [0.3, 0.4) is 0 Å². The molecule has 0 atom stereocenters. The maximum atomic E-state index is 6.69. The van der Waals surface area contributed by atoms with Crippen molar-refractivity contribution in [1.82, 2.24) is 0 Å². The molecule has 0 unspecified atom stereocenters. The number of benzene rings is 11. The monoisotopic (exact) mass is 696 g/mol. The summed E-state index contributed by atoms with van der Waals surface area (Å²) in [7, 11) is 0. The van der Waals surface area contributed by atoms with Crippen LogP contribution in [0.4, 0.5) is 0 Å². The predicted octanol–water partition coefficient (Wildman–Crippen LogP) is 15.5. The van der Waals surface area contributed by atoms with E-state index < -0.39 is 0 Å². The minimum Gasteiger partial charge on any atom is -0.455 e. The van der Waals surface area contributed by atoms with Gasteiger partial charge in [0.15, 0.2) is 0 Å². The number of furan rings is 1. The lowest BCUT2D eigenvalue weighted by atomic mass is 9.83. The van der Waals surface area contributed by atoms with Crippen LogP contribution in [0, 0.1) is 0 Å². The molecule has 55 heavy (non-hydrogen) atoms. The molecule has 0 saturated carbocycles. The summed E-state index contributed by atoms with van der Waals surface area (Å²) in [5.74, 6) is 0. The van der Waals surface area contributed by atoms with E-state index in [1.165, 1.54) is 87.2 Å². The van der Waals surface area contributed by atoms with Gasteiger partial charge in [-0.05, 0) is 112 Å². The van der Waals surface area contributed by atoms with Gasteiger partial charge in [0.25, 0.3) is 0 Å². The average Bonchev–Trinajstić information content (AvgIpc) is 3.65. The first kappa shape index (κ1) is 30.3. The van der Waals surface area contributed by atoms with Crippen LogP contribution < -0.4 is 0 Å². The van der Waals surface area contributed by atoms with Crippen molar-refractivity contribution in [2.75, 3.05) is 0 Å². The second-order valence-corrected chi connectivity index (χ2v) is 14.7. The summed E-state index contributed by atoms with van der Waals surface area (Å²) in [5.41, 5.74) is 9.38. The molecule has 1 heterocycles. The van der Waals surface area contributed by atoms with Crippen LogP contribution in [0.5, 0.6) is 0 Å². The summed E-state index contributed by atoms with van der Waals surface area (Å²) in [6.45, 7) is 0. The molecule has 0 fully saturated rings. The zero-order chi connectivity index (χ0) is 36.0. The first-order valence-corrected chi connectivity index (χ1v) is 19.0. The van der Waals surface area contributed by atoms with Crippen LogP contribution in [-0.2, 0) is 0 Å². The van der Waals surface area contributed by atoms with Crippen molar-refractivity contribution in [1.29, 1.82) is 0 Å². The summed E-state index contributed by atoms with van der Waals surface area (Å²) in [6.07, 6.45) is 0. The Hall–Kier alpha value is -7.22. The molecule has 1 nitrogen and oxygen atoms in total. The SMILES string of the molecule is c1ccc2c(-c3c4ccccc4c(-c4ccc(-c5ccc6c(ccc7c8ccc9ccccc9c8oc67)c5)c5ccccc45)c4ccccc34)cccc2c1. The fourth-order valence-electron chi connectivity index (χ4n) is 9.38. The number of hydrogen-bond acceptors (Lipinski definition) is 1. The summed E-state index contributed by atoms with van der Waals surface area (Å²) in [5, 5.41) is 17.0. The van der Waals surface area contributed by atoms with Gasteiger partial charge in [0.2, 0.25) is 0 Å². The maximum Gasteiger partial charge on any atom is 0.143 e. The highest BCUT2D eigenvalue weighted by Crippen LogP contribution is 2.48. The second-order valence-electron chi connectivity index (χ2n) is 14.7. The minimum atomic E-state index is 0.946. The highest BCUT2D eigenvalue weighted by molar-refractivity contribution is 6.26. The summed E-state index contributed by atoms with van der Waals surface area (Å²) >= 11 is 0. The third-order valence-electron chi connectivity index (χ3n) is 11.8. The van der Waals surface area contributed by atoms with E-state index in [0.717, 1.165) is 32.7 Å². The molecule has 0 radical (unpaired) electrons. The molecule has 0 N–H and O–H groups in total. The van der Waals surface area contributed by atoms with E-state index in [1.54, 1.807) is 0 Å². The Labute approximate surface area is 317 Å². The van der Waals surface area contributed by atoms with Gasteiger partial charge in [-0.3, -0.25) is 0 Å². The molecule has 0 aliphatic heterocycles.